The molecule has 0 aromatic rings. The molecule has 0 fully saturated rings. The molecule has 0 aromatic carbocycles. The Bertz CT molecular complexity index is 1340. The number of carbonyl (C=O) groups is 3. The Kier molecular flexibility index (Phi) is 70.5. The van der Waals surface area contributed by atoms with Crippen LogP contribution in [-0.4, -0.2) is 37.2 Å². The molecule has 0 heterocycles. The SMILES string of the molecule is CCCCCC/C=C\C/C=C\CCCCCCCC(=O)OCC(COC(=O)CCCCCCCCCCCCCCCCCCCCCCCCCCCCCCCCCC)OC(=O)CCCCCCCCCCCCCCCCCCC. The number of hydrogen-bond donors (Lipinski definition) is 0. The average molecular weight is 1170 g/mol. The third-order valence-corrected chi connectivity index (χ3v) is 17.5. The number of carbonyl (C=O) groups excluding carboxylic acids is 3. The first-order valence-electron chi connectivity index (χ1n) is 37.8. The second kappa shape index (κ2) is 72.4. The number of esters is 3. The lowest BCUT2D eigenvalue weighted by atomic mass is 10.0. The van der Waals surface area contributed by atoms with Crippen LogP contribution in [0.3, 0.4) is 0 Å². The number of unbranched alkanes of at least 4 members (excludes halogenated alkanes) is 56. The molecule has 0 radical (unpaired) electrons. The Morgan fingerprint density at radius 2 is 0.434 bits per heavy atom. The molecule has 0 saturated heterocycles. The minimum absolute atomic E-state index is 0.0691. The molecule has 0 N–H and O–H groups in total. The molecule has 1 atom stereocenters. The summed E-state index contributed by atoms with van der Waals surface area (Å²) >= 11 is 0. The van der Waals surface area contributed by atoms with Crippen molar-refractivity contribution in [3.05, 3.63) is 24.3 Å². The van der Waals surface area contributed by atoms with Gasteiger partial charge in [-0.25, -0.2) is 0 Å². The van der Waals surface area contributed by atoms with Crippen molar-refractivity contribution in [3.63, 3.8) is 0 Å². The summed E-state index contributed by atoms with van der Waals surface area (Å²) in [6.45, 7) is 6.70. The molecule has 0 aliphatic heterocycles. The molecular formula is C77H146O6. The predicted molar refractivity (Wildman–Crippen MR) is 363 cm³/mol. The molecule has 0 rings (SSSR count). The van der Waals surface area contributed by atoms with E-state index in [9.17, 15) is 14.4 Å². The molecular weight excluding hydrogens is 1020 g/mol. The van der Waals surface area contributed by atoms with Crippen LogP contribution in [-0.2, 0) is 28.6 Å². The van der Waals surface area contributed by atoms with Gasteiger partial charge in [0, 0.05) is 19.3 Å². The van der Waals surface area contributed by atoms with Gasteiger partial charge in [-0.05, 0) is 51.4 Å². The topological polar surface area (TPSA) is 78.9 Å². The van der Waals surface area contributed by atoms with E-state index in [1.807, 2.05) is 0 Å². The van der Waals surface area contributed by atoms with E-state index >= 15 is 0 Å². The predicted octanol–water partition coefficient (Wildman–Crippen LogP) is 26.1. The maximum absolute atomic E-state index is 13.0. The van der Waals surface area contributed by atoms with E-state index in [1.54, 1.807) is 0 Å². The zero-order valence-corrected chi connectivity index (χ0v) is 56.5. The number of hydrogen-bond acceptors (Lipinski definition) is 6. The molecule has 0 bridgehead atoms. The molecule has 83 heavy (non-hydrogen) atoms. The molecule has 6 nitrogen and oxygen atoms in total. The Balaban J connectivity index is 4.14. The zero-order chi connectivity index (χ0) is 59.9. The van der Waals surface area contributed by atoms with Crippen LogP contribution in [0.2, 0.25) is 0 Å². The van der Waals surface area contributed by atoms with Crippen LogP contribution in [0.25, 0.3) is 0 Å². The van der Waals surface area contributed by atoms with Crippen molar-refractivity contribution in [1.82, 2.24) is 0 Å². The molecule has 0 saturated carbocycles. The highest BCUT2D eigenvalue weighted by atomic mass is 16.6. The summed E-state index contributed by atoms with van der Waals surface area (Å²) in [7, 11) is 0. The Hall–Kier alpha value is -2.11. The monoisotopic (exact) mass is 1170 g/mol. The van der Waals surface area contributed by atoms with E-state index in [0.29, 0.717) is 19.3 Å². The number of ether oxygens (including phenoxy) is 3. The van der Waals surface area contributed by atoms with Gasteiger partial charge in [0.25, 0.3) is 0 Å². The minimum Gasteiger partial charge on any atom is -0.462 e. The van der Waals surface area contributed by atoms with Crippen molar-refractivity contribution in [2.45, 2.75) is 438 Å². The van der Waals surface area contributed by atoms with Crippen molar-refractivity contribution < 1.29 is 28.6 Å². The smallest absolute Gasteiger partial charge is 0.306 e. The van der Waals surface area contributed by atoms with E-state index in [-0.39, 0.29) is 31.1 Å². The third-order valence-electron chi connectivity index (χ3n) is 17.5. The van der Waals surface area contributed by atoms with Gasteiger partial charge in [-0.15, -0.1) is 0 Å². The number of rotatable bonds is 71. The fourth-order valence-corrected chi connectivity index (χ4v) is 11.8. The van der Waals surface area contributed by atoms with E-state index in [4.69, 9.17) is 14.2 Å². The van der Waals surface area contributed by atoms with Crippen LogP contribution in [0.4, 0.5) is 0 Å². The first-order chi connectivity index (χ1) is 41.0. The molecule has 0 spiro atoms. The van der Waals surface area contributed by atoms with Crippen LogP contribution in [0.15, 0.2) is 24.3 Å². The van der Waals surface area contributed by atoms with E-state index in [1.165, 1.54) is 315 Å². The Labute approximate surface area is 519 Å². The quantitative estimate of drug-likeness (QED) is 0.0261. The summed E-state index contributed by atoms with van der Waals surface area (Å²) in [4.78, 5) is 38.5. The molecule has 0 aromatic heterocycles. The third kappa shape index (κ3) is 70.5. The Morgan fingerprint density at radius 3 is 0.675 bits per heavy atom. The fourth-order valence-electron chi connectivity index (χ4n) is 11.8. The van der Waals surface area contributed by atoms with Crippen LogP contribution >= 0.6 is 0 Å². The fraction of sp³-hybridized carbons (Fsp3) is 0.909. The summed E-state index contributed by atoms with van der Waals surface area (Å²) in [6.07, 6.45) is 89.5. The van der Waals surface area contributed by atoms with Crippen LogP contribution in [0, 0.1) is 0 Å². The highest BCUT2D eigenvalue weighted by Gasteiger charge is 2.20. The van der Waals surface area contributed by atoms with Crippen LogP contribution < -0.4 is 0 Å². The largest absolute Gasteiger partial charge is 0.462 e. The van der Waals surface area contributed by atoms with Crippen molar-refractivity contribution in [2.24, 2.45) is 0 Å². The van der Waals surface area contributed by atoms with Crippen molar-refractivity contribution in [1.29, 1.82) is 0 Å². The van der Waals surface area contributed by atoms with E-state index in [0.717, 1.165) is 77.0 Å². The molecule has 490 valence electrons. The molecule has 1 unspecified atom stereocenters. The lowest BCUT2D eigenvalue weighted by Crippen LogP contribution is -2.30. The summed E-state index contributed by atoms with van der Waals surface area (Å²) in [5.41, 5.74) is 0. The lowest BCUT2D eigenvalue weighted by Gasteiger charge is -2.18. The second-order valence-corrected chi connectivity index (χ2v) is 25.9. The van der Waals surface area contributed by atoms with E-state index < -0.39 is 6.10 Å². The summed E-state index contributed by atoms with van der Waals surface area (Å²) in [5.74, 6) is -0.849. The summed E-state index contributed by atoms with van der Waals surface area (Å²) in [6, 6.07) is 0. The maximum Gasteiger partial charge on any atom is 0.306 e. The molecule has 0 aliphatic rings. The molecule has 6 heteroatoms. The van der Waals surface area contributed by atoms with Gasteiger partial charge >= 0.3 is 17.9 Å². The van der Waals surface area contributed by atoms with Gasteiger partial charge in [0.1, 0.15) is 13.2 Å². The van der Waals surface area contributed by atoms with Crippen LogP contribution in [0.1, 0.15) is 432 Å². The molecule has 0 aliphatic carbocycles. The second-order valence-electron chi connectivity index (χ2n) is 25.9. The highest BCUT2D eigenvalue weighted by Crippen LogP contribution is 2.20. The maximum atomic E-state index is 13.0. The van der Waals surface area contributed by atoms with Gasteiger partial charge < -0.3 is 14.2 Å². The first kappa shape index (κ1) is 80.9. The van der Waals surface area contributed by atoms with Crippen LogP contribution in [0.5, 0.6) is 0 Å². The van der Waals surface area contributed by atoms with Gasteiger partial charge in [-0.2, -0.15) is 0 Å². The minimum atomic E-state index is -0.774. The van der Waals surface area contributed by atoms with Crippen molar-refractivity contribution >= 4 is 17.9 Å². The highest BCUT2D eigenvalue weighted by molar-refractivity contribution is 5.71. The number of allylic oxidation sites excluding steroid dienone is 4. The van der Waals surface area contributed by atoms with Crippen molar-refractivity contribution in [2.75, 3.05) is 13.2 Å². The molecule has 0 amide bonds. The normalized spacial score (nSPS) is 12.1. The lowest BCUT2D eigenvalue weighted by molar-refractivity contribution is -0.167. The summed E-state index contributed by atoms with van der Waals surface area (Å²) in [5, 5.41) is 0. The van der Waals surface area contributed by atoms with Crippen molar-refractivity contribution in [3.8, 4) is 0 Å². The summed E-state index contributed by atoms with van der Waals surface area (Å²) < 4.78 is 17.0. The van der Waals surface area contributed by atoms with Gasteiger partial charge in [-0.1, -0.05) is 385 Å². The van der Waals surface area contributed by atoms with Gasteiger partial charge in [-0.3, -0.25) is 14.4 Å². The van der Waals surface area contributed by atoms with Gasteiger partial charge in [0.2, 0.25) is 0 Å². The zero-order valence-electron chi connectivity index (χ0n) is 56.5. The Morgan fingerprint density at radius 1 is 0.241 bits per heavy atom. The average Bonchev–Trinajstić information content (AvgIpc) is 3.49. The first-order valence-corrected chi connectivity index (χ1v) is 37.8. The van der Waals surface area contributed by atoms with Gasteiger partial charge in [0.15, 0.2) is 6.10 Å². The van der Waals surface area contributed by atoms with Gasteiger partial charge in [0.05, 0.1) is 0 Å². The standard InChI is InChI=1S/C77H146O6/c1-4-7-10-13-16-19-22-25-28-31-32-33-34-35-36-37-38-39-40-41-42-43-44-45-47-49-52-55-58-61-64-67-70-76(79)82-73-74(72-81-75(78)69-66-63-60-57-54-51-48-30-27-24-21-18-15-12-9-6-3)83-77(80)71-68-65-62-59-56-53-50-46-29-26-23-20-17-14-11-8-5-2/h21,24,30,48,74H,4-20,22-23,25-29,31-47,49-73H2,1-3H3/b24-21-,48-30-. The van der Waals surface area contributed by atoms with E-state index in [2.05, 4.69) is 45.1 Å².